The number of aromatic nitrogens is 1. The van der Waals surface area contributed by atoms with E-state index in [2.05, 4.69) is 10.3 Å². The molecule has 0 radical (unpaired) electrons. The molecule has 0 fully saturated rings. The van der Waals surface area contributed by atoms with E-state index in [1.54, 1.807) is 12.3 Å². The summed E-state index contributed by atoms with van der Waals surface area (Å²) in [5, 5.41) is 3.86. The molecular formula is C13H12ClFN2. The summed E-state index contributed by atoms with van der Waals surface area (Å²) in [7, 11) is 0. The average molecular weight is 251 g/mol. The SMILES string of the molecule is CC(Nc1ccccc1Cl)c1cncc(F)c1. The third-order valence-electron chi connectivity index (χ3n) is 2.47. The second kappa shape index (κ2) is 5.15. The average Bonchev–Trinajstić information content (AvgIpc) is 2.32. The van der Waals surface area contributed by atoms with Crippen molar-refractivity contribution in [1.82, 2.24) is 4.98 Å². The summed E-state index contributed by atoms with van der Waals surface area (Å²) in [6.45, 7) is 1.93. The Morgan fingerprint density at radius 3 is 2.76 bits per heavy atom. The quantitative estimate of drug-likeness (QED) is 0.889. The normalized spacial score (nSPS) is 12.2. The Balaban J connectivity index is 2.17. The minimum absolute atomic E-state index is 0.0573. The predicted molar refractivity (Wildman–Crippen MR) is 67.7 cm³/mol. The lowest BCUT2D eigenvalue weighted by Crippen LogP contribution is -2.07. The maximum Gasteiger partial charge on any atom is 0.141 e. The number of benzene rings is 1. The van der Waals surface area contributed by atoms with E-state index in [1.165, 1.54) is 12.3 Å². The van der Waals surface area contributed by atoms with Gasteiger partial charge in [0.1, 0.15) is 5.82 Å². The van der Waals surface area contributed by atoms with E-state index in [9.17, 15) is 4.39 Å². The van der Waals surface area contributed by atoms with Crippen molar-refractivity contribution in [2.75, 3.05) is 5.32 Å². The van der Waals surface area contributed by atoms with Crippen LogP contribution in [0.2, 0.25) is 5.02 Å². The summed E-state index contributed by atoms with van der Waals surface area (Å²) in [5.74, 6) is -0.338. The van der Waals surface area contributed by atoms with E-state index >= 15 is 0 Å². The molecule has 1 atom stereocenters. The van der Waals surface area contributed by atoms with E-state index in [1.807, 2.05) is 25.1 Å². The molecule has 2 rings (SSSR count). The van der Waals surface area contributed by atoms with Gasteiger partial charge in [-0.1, -0.05) is 23.7 Å². The fourth-order valence-electron chi connectivity index (χ4n) is 1.56. The molecule has 0 spiro atoms. The molecule has 0 bridgehead atoms. The van der Waals surface area contributed by atoms with Crippen molar-refractivity contribution in [2.24, 2.45) is 0 Å². The number of rotatable bonds is 3. The molecule has 1 N–H and O–H groups in total. The first kappa shape index (κ1) is 11.9. The Bertz CT molecular complexity index is 516. The molecule has 1 heterocycles. The molecule has 2 aromatic rings. The van der Waals surface area contributed by atoms with Gasteiger partial charge >= 0.3 is 0 Å². The largest absolute Gasteiger partial charge is 0.377 e. The molecule has 4 heteroatoms. The minimum atomic E-state index is -0.338. The highest BCUT2D eigenvalue weighted by molar-refractivity contribution is 6.33. The standard InChI is InChI=1S/C13H12ClFN2/c1-9(10-6-11(15)8-16-7-10)17-13-5-3-2-4-12(13)14/h2-9,17H,1H3. The Morgan fingerprint density at radius 1 is 1.29 bits per heavy atom. The molecule has 17 heavy (non-hydrogen) atoms. The van der Waals surface area contributed by atoms with E-state index < -0.39 is 0 Å². The second-order valence-electron chi connectivity index (χ2n) is 3.78. The van der Waals surface area contributed by atoms with Gasteiger partial charge in [0.15, 0.2) is 0 Å². The van der Waals surface area contributed by atoms with E-state index in [-0.39, 0.29) is 11.9 Å². The maximum absolute atomic E-state index is 13.0. The van der Waals surface area contributed by atoms with Gasteiger partial charge in [-0.25, -0.2) is 4.39 Å². The molecule has 1 aromatic heterocycles. The second-order valence-corrected chi connectivity index (χ2v) is 4.19. The molecule has 0 saturated heterocycles. The molecule has 88 valence electrons. The van der Waals surface area contributed by atoms with Gasteiger partial charge in [0.25, 0.3) is 0 Å². The Hall–Kier alpha value is -1.61. The van der Waals surface area contributed by atoms with Gasteiger partial charge < -0.3 is 5.32 Å². The molecule has 0 saturated carbocycles. The van der Waals surface area contributed by atoms with Crippen LogP contribution >= 0.6 is 11.6 Å². The van der Waals surface area contributed by atoms with Gasteiger partial charge in [0, 0.05) is 6.20 Å². The van der Waals surface area contributed by atoms with Crippen LogP contribution in [0, 0.1) is 5.82 Å². The summed E-state index contributed by atoms with van der Waals surface area (Å²) in [6, 6.07) is 8.85. The van der Waals surface area contributed by atoms with Crippen LogP contribution in [0.1, 0.15) is 18.5 Å². The van der Waals surface area contributed by atoms with Crippen LogP contribution in [-0.2, 0) is 0 Å². The first-order valence-electron chi connectivity index (χ1n) is 5.28. The molecule has 0 amide bonds. The predicted octanol–water partition coefficient (Wildman–Crippen LogP) is 4.05. The van der Waals surface area contributed by atoms with Gasteiger partial charge in [0.2, 0.25) is 0 Å². The summed E-state index contributed by atoms with van der Waals surface area (Å²) in [6.07, 6.45) is 2.82. The van der Waals surface area contributed by atoms with Crippen LogP contribution in [0.25, 0.3) is 0 Å². The number of anilines is 1. The first-order valence-corrected chi connectivity index (χ1v) is 5.66. The number of para-hydroxylation sites is 1. The lowest BCUT2D eigenvalue weighted by molar-refractivity contribution is 0.616. The number of hydrogen-bond acceptors (Lipinski definition) is 2. The van der Waals surface area contributed by atoms with Gasteiger partial charge in [-0.3, -0.25) is 4.98 Å². The van der Waals surface area contributed by atoms with E-state index in [0.29, 0.717) is 5.02 Å². The van der Waals surface area contributed by atoms with Crippen LogP contribution < -0.4 is 5.32 Å². The van der Waals surface area contributed by atoms with Gasteiger partial charge in [-0.05, 0) is 30.7 Å². The lowest BCUT2D eigenvalue weighted by Gasteiger charge is -2.16. The highest BCUT2D eigenvalue weighted by Crippen LogP contribution is 2.25. The lowest BCUT2D eigenvalue weighted by atomic mass is 10.1. The van der Waals surface area contributed by atoms with Crippen molar-refractivity contribution >= 4 is 17.3 Å². The zero-order chi connectivity index (χ0) is 12.3. The molecule has 0 aliphatic heterocycles. The monoisotopic (exact) mass is 250 g/mol. The van der Waals surface area contributed by atoms with Crippen LogP contribution in [0.15, 0.2) is 42.7 Å². The molecule has 1 unspecified atom stereocenters. The highest BCUT2D eigenvalue weighted by atomic mass is 35.5. The summed E-state index contributed by atoms with van der Waals surface area (Å²) in [4.78, 5) is 3.82. The van der Waals surface area contributed by atoms with E-state index in [0.717, 1.165) is 11.3 Å². The van der Waals surface area contributed by atoms with Crippen molar-refractivity contribution < 1.29 is 4.39 Å². The van der Waals surface area contributed by atoms with Crippen molar-refractivity contribution in [3.63, 3.8) is 0 Å². The van der Waals surface area contributed by atoms with Crippen LogP contribution in [0.3, 0.4) is 0 Å². The summed E-state index contributed by atoms with van der Waals surface area (Å²) < 4.78 is 13.0. The Morgan fingerprint density at radius 2 is 2.06 bits per heavy atom. The van der Waals surface area contributed by atoms with Gasteiger partial charge in [-0.15, -0.1) is 0 Å². The smallest absolute Gasteiger partial charge is 0.141 e. The number of halogens is 2. The number of pyridine rings is 1. The molecule has 1 aromatic carbocycles. The Labute approximate surface area is 104 Å². The number of nitrogens with zero attached hydrogens (tertiary/aromatic N) is 1. The third kappa shape index (κ3) is 2.94. The zero-order valence-corrected chi connectivity index (χ0v) is 10.1. The van der Waals surface area contributed by atoms with Crippen LogP contribution in [0.5, 0.6) is 0 Å². The summed E-state index contributed by atoms with van der Waals surface area (Å²) in [5.41, 5.74) is 1.61. The molecule has 2 nitrogen and oxygen atoms in total. The number of hydrogen-bond donors (Lipinski definition) is 1. The van der Waals surface area contributed by atoms with Crippen molar-refractivity contribution in [2.45, 2.75) is 13.0 Å². The Kier molecular flexibility index (Phi) is 3.59. The van der Waals surface area contributed by atoms with E-state index in [4.69, 9.17) is 11.6 Å². The molecule has 0 aliphatic rings. The third-order valence-corrected chi connectivity index (χ3v) is 2.80. The minimum Gasteiger partial charge on any atom is -0.377 e. The van der Waals surface area contributed by atoms with Crippen molar-refractivity contribution in [1.29, 1.82) is 0 Å². The van der Waals surface area contributed by atoms with Crippen molar-refractivity contribution in [3.8, 4) is 0 Å². The van der Waals surface area contributed by atoms with Crippen LogP contribution in [0.4, 0.5) is 10.1 Å². The topological polar surface area (TPSA) is 24.9 Å². The van der Waals surface area contributed by atoms with Crippen LogP contribution in [-0.4, -0.2) is 4.98 Å². The maximum atomic E-state index is 13.0. The van der Waals surface area contributed by atoms with Gasteiger partial charge in [0.05, 0.1) is 22.9 Å². The summed E-state index contributed by atoms with van der Waals surface area (Å²) >= 11 is 6.03. The molecule has 0 aliphatic carbocycles. The number of nitrogens with one attached hydrogen (secondary N) is 1. The van der Waals surface area contributed by atoms with Crippen molar-refractivity contribution in [3.05, 3.63) is 59.1 Å². The fraction of sp³-hybridized carbons (Fsp3) is 0.154. The first-order chi connectivity index (χ1) is 8.16. The molecular weight excluding hydrogens is 239 g/mol. The fourth-order valence-corrected chi connectivity index (χ4v) is 1.75. The zero-order valence-electron chi connectivity index (χ0n) is 9.32. The van der Waals surface area contributed by atoms with Gasteiger partial charge in [-0.2, -0.15) is 0 Å². The highest BCUT2D eigenvalue weighted by Gasteiger charge is 2.08.